The SMILES string of the molecule is FC(F)COCCNc1ccncc1Br. The third kappa shape index (κ3) is 5.03. The smallest absolute Gasteiger partial charge is 0.261 e. The Morgan fingerprint density at radius 1 is 1.53 bits per heavy atom. The van der Waals surface area contributed by atoms with Gasteiger partial charge in [0.15, 0.2) is 0 Å². The zero-order valence-electron chi connectivity index (χ0n) is 7.92. The number of aromatic nitrogens is 1. The molecule has 3 nitrogen and oxygen atoms in total. The number of rotatable bonds is 6. The van der Waals surface area contributed by atoms with Crippen molar-refractivity contribution in [1.82, 2.24) is 4.98 Å². The highest BCUT2D eigenvalue weighted by Crippen LogP contribution is 2.19. The molecule has 6 heteroatoms. The fourth-order valence-corrected chi connectivity index (χ4v) is 1.34. The molecule has 0 aliphatic rings. The Morgan fingerprint density at radius 2 is 2.33 bits per heavy atom. The molecule has 0 saturated carbocycles. The summed E-state index contributed by atoms with van der Waals surface area (Å²) in [5.74, 6) is 0. The summed E-state index contributed by atoms with van der Waals surface area (Å²) in [5.41, 5.74) is 0.866. The fraction of sp³-hybridized carbons (Fsp3) is 0.444. The molecule has 84 valence electrons. The van der Waals surface area contributed by atoms with E-state index < -0.39 is 13.0 Å². The van der Waals surface area contributed by atoms with Gasteiger partial charge in [-0.25, -0.2) is 8.78 Å². The van der Waals surface area contributed by atoms with Gasteiger partial charge >= 0.3 is 0 Å². The zero-order valence-corrected chi connectivity index (χ0v) is 9.51. The minimum Gasteiger partial charge on any atom is -0.382 e. The van der Waals surface area contributed by atoms with E-state index in [1.807, 2.05) is 0 Å². The van der Waals surface area contributed by atoms with Crippen molar-refractivity contribution in [2.75, 3.05) is 25.1 Å². The van der Waals surface area contributed by atoms with E-state index in [0.29, 0.717) is 6.54 Å². The van der Waals surface area contributed by atoms with E-state index in [2.05, 4.69) is 26.2 Å². The summed E-state index contributed by atoms with van der Waals surface area (Å²) < 4.78 is 28.9. The van der Waals surface area contributed by atoms with Gasteiger partial charge in [-0.15, -0.1) is 0 Å². The second-order valence-electron chi connectivity index (χ2n) is 2.75. The van der Waals surface area contributed by atoms with Gasteiger partial charge in [-0.05, 0) is 22.0 Å². The maximum absolute atomic E-state index is 11.7. The first kappa shape index (κ1) is 12.3. The number of ether oxygens (including phenoxy) is 1. The molecule has 0 atom stereocenters. The van der Waals surface area contributed by atoms with Gasteiger partial charge in [0.05, 0.1) is 16.8 Å². The van der Waals surface area contributed by atoms with Crippen LogP contribution in [0.15, 0.2) is 22.9 Å². The van der Waals surface area contributed by atoms with Crippen LogP contribution in [0, 0.1) is 0 Å². The lowest BCUT2D eigenvalue weighted by Gasteiger charge is -2.08. The Kier molecular flexibility index (Phi) is 5.49. The van der Waals surface area contributed by atoms with E-state index in [0.717, 1.165) is 10.2 Å². The number of halogens is 3. The summed E-state index contributed by atoms with van der Waals surface area (Å²) in [7, 11) is 0. The third-order valence-corrected chi connectivity index (χ3v) is 2.21. The van der Waals surface area contributed by atoms with Crippen LogP contribution in [0.4, 0.5) is 14.5 Å². The molecule has 0 bridgehead atoms. The quantitative estimate of drug-likeness (QED) is 0.814. The number of alkyl halides is 2. The third-order valence-electron chi connectivity index (χ3n) is 1.58. The minimum atomic E-state index is -2.40. The summed E-state index contributed by atoms with van der Waals surface area (Å²) in [4.78, 5) is 3.90. The van der Waals surface area contributed by atoms with Crippen molar-refractivity contribution in [3.05, 3.63) is 22.9 Å². The van der Waals surface area contributed by atoms with Gasteiger partial charge in [0.25, 0.3) is 6.43 Å². The summed E-state index contributed by atoms with van der Waals surface area (Å²) >= 11 is 3.30. The maximum atomic E-state index is 11.7. The predicted octanol–water partition coefficient (Wildman–Crippen LogP) is 2.54. The molecule has 15 heavy (non-hydrogen) atoms. The summed E-state index contributed by atoms with van der Waals surface area (Å²) in [6, 6.07) is 1.79. The van der Waals surface area contributed by atoms with Gasteiger partial charge in [-0.1, -0.05) is 0 Å². The van der Waals surface area contributed by atoms with Crippen LogP contribution in [-0.2, 0) is 4.74 Å². The molecule has 0 unspecified atom stereocenters. The number of nitrogens with zero attached hydrogens (tertiary/aromatic N) is 1. The lowest BCUT2D eigenvalue weighted by Crippen LogP contribution is -2.13. The molecule has 0 amide bonds. The molecule has 0 aliphatic heterocycles. The average molecular weight is 281 g/mol. The predicted molar refractivity (Wildman–Crippen MR) is 57.2 cm³/mol. The van der Waals surface area contributed by atoms with Crippen molar-refractivity contribution in [3.8, 4) is 0 Å². The van der Waals surface area contributed by atoms with Crippen LogP contribution < -0.4 is 5.32 Å². The topological polar surface area (TPSA) is 34.1 Å². The molecule has 0 aliphatic carbocycles. The largest absolute Gasteiger partial charge is 0.382 e. The molecule has 0 fully saturated rings. The maximum Gasteiger partial charge on any atom is 0.261 e. The highest BCUT2D eigenvalue weighted by Gasteiger charge is 2.01. The first-order valence-electron chi connectivity index (χ1n) is 4.39. The molecule has 1 aromatic heterocycles. The highest BCUT2D eigenvalue weighted by molar-refractivity contribution is 9.10. The molecule has 0 spiro atoms. The molecule has 0 saturated heterocycles. The molecule has 1 rings (SSSR count). The zero-order chi connectivity index (χ0) is 11.1. The van der Waals surface area contributed by atoms with Crippen LogP contribution in [0.3, 0.4) is 0 Å². The number of anilines is 1. The monoisotopic (exact) mass is 280 g/mol. The van der Waals surface area contributed by atoms with Gasteiger partial charge in [0.1, 0.15) is 6.61 Å². The Balaban J connectivity index is 2.18. The fourth-order valence-electron chi connectivity index (χ4n) is 0.949. The lowest BCUT2D eigenvalue weighted by atomic mass is 10.4. The summed E-state index contributed by atoms with van der Waals surface area (Å²) in [6.07, 6.45) is 0.896. The van der Waals surface area contributed by atoms with Crippen LogP contribution in [-0.4, -0.2) is 31.2 Å². The van der Waals surface area contributed by atoms with Gasteiger partial charge in [-0.2, -0.15) is 0 Å². The van der Waals surface area contributed by atoms with Crippen LogP contribution in [0.5, 0.6) is 0 Å². The van der Waals surface area contributed by atoms with Crippen molar-refractivity contribution >= 4 is 21.6 Å². The van der Waals surface area contributed by atoms with E-state index in [1.165, 1.54) is 0 Å². The van der Waals surface area contributed by atoms with E-state index in [1.54, 1.807) is 18.5 Å². The van der Waals surface area contributed by atoms with E-state index >= 15 is 0 Å². The lowest BCUT2D eigenvalue weighted by molar-refractivity contribution is 0.0215. The Labute approximate surface area is 95.0 Å². The second kappa shape index (κ2) is 6.68. The van der Waals surface area contributed by atoms with Crippen molar-refractivity contribution in [1.29, 1.82) is 0 Å². The molecular formula is C9H11BrF2N2O. The summed E-state index contributed by atoms with van der Waals surface area (Å²) in [6.45, 7) is 0.216. The molecular weight excluding hydrogens is 270 g/mol. The van der Waals surface area contributed by atoms with Crippen molar-refractivity contribution in [3.63, 3.8) is 0 Å². The van der Waals surface area contributed by atoms with Gasteiger partial charge < -0.3 is 10.1 Å². The van der Waals surface area contributed by atoms with Crippen molar-refractivity contribution in [2.24, 2.45) is 0 Å². The first-order valence-corrected chi connectivity index (χ1v) is 5.18. The van der Waals surface area contributed by atoms with E-state index in [4.69, 9.17) is 4.74 Å². The van der Waals surface area contributed by atoms with Gasteiger partial charge in [0, 0.05) is 18.9 Å². The number of pyridine rings is 1. The van der Waals surface area contributed by atoms with Gasteiger partial charge in [0.2, 0.25) is 0 Å². The Bertz CT molecular complexity index is 299. The first-order chi connectivity index (χ1) is 7.20. The van der Waals surface area contributed by atoms with Crippen LogP contribution in [0.1, 0.15) is 0 Å². The molecule has 0 radical (unpaired) electrons. The summed E-state index contributed by atoms with van der Waals surface area (Å²) in [5, 5.41) is 3.03. The molecule has 1 heterocycles. The normalized spacial score (nSPS) is 10.7. The number of hydrogen-bond donors (Lipinski definition) is 1. The molecule has 1 aromatic rings. The van der Waals surface area contributed by atoms with Crippen molar-refractivity contribution in [2.45, 2.75) is 6.43 Å². The highest BCUT2D eigenvalue weighted by atomic mass is 79.9. The minimum absolute atomic E-state index is 0.249. The Hall–Kier alpha value is -0.750. The number of hydrogen-bond acceptors (Lipinski definition) is 3. The van der Waals surface area contributed by atoms with Crippen molar-refractivity contribution < 1.29 is 13.5 Å². The van der Waals surface area contributed by atoms with E-state index in [-0.39, 0.29) is 6.61 Å². The Morgan fingerprint density at radius 3 is 3.00 bits per heavy atom. The molecule has 1 N–H and O–H groups in total. The molecule has 0 aromatic carbocycles. The average Bonchev–Trinajstić information content (AvgIpc) is 2.20. The van der Waals surface area contributed by atoms with Gasteiger partial charge in [-0.3, -0.25) is 4.98 Å². The van der Waals surface area contributed by atoms with Crippen LogP contribution in [0.2, 0.25) is 0 Å². The van der Waals surface area contributed by atoms with Crippen LogP contribution >= 0.6 is 15.9 Å². The van der Waals surface area contributed by atoms with Crippen LogP contribution in [0.25, 0.3) is 0 Å². The standard InChI is InChI=1S/C9H11BrF2N2O/c10-7-5-13-2-1-8(7)14-3-4-15-6-9(11)12/h1-2,5,9H,3-4,6H2,(H,13,14). The second-order valence-corrected chi connectivity index (χ2v) is 3.60. The number of nitrogens with one attached hydrogen (secondary N) is 1. The van der Waals surface area contributed by atoms with E-state index in [9.17, 15) is 8.78 Å².